The molecule has 8 atom stereocenters. The maximum atomic E-state index is 14.2. The van der Waals surface area contributed by atoms with Gasteiger partial charge in [-0.2, -0.15) is 0 Å². The molecule has 0 bridgehead atoms. The molecular formula is C35H49N3O5. The van der Waals surface area contributed by atoms with E-state index in [2.05, 4.69) is 19.9 Å². The monoisotopic (exact) mass is 591 g/mol. The fourth-order valence-corrected chi connectivity index (χ4v) is 9.31. The van der Waals surface area contributed by atoms with Crippen molar-refractivity contribution < 1.29 is 15.3 Å². The first-order valence-electron chi connectivity index (χ1n) is 16.3. The Morgan fingerprint density at radius 1 is 1.05 bits per heavy atom. The molecule has 1 aliphatic heterocycles. The molecule has 8 nitrogen and oxygen atoms in total. The second kappa shape index (κ2) is 11.0. The number of nitrogens with zero attached hydrogens (tertiary/aromatic N) is 3. The number of fused-ring (bicyclic) bond motifs is 5. The molecule has 1 aromatic carbocycles. The van der Waals surface area contributed by atoms with Crippen molar-refractivity contribution >= 4 is 0 Å². The molecule has 0 spiro atoms. The topological polar surface area (TPSA) is 110 Å². The molecule has 0 amide bonds. The molecule has 8 heteroatoms. The molecular weight excluding hydrogens is 542 g/mol. The van der Waals surface area contributed by atoms with Crippen molar-refractivity contribution in [3.63, 3.8) is 0 Å². The average Bonchev–Trinajstić information content (AvgIpc) is 3.43. The number of allylic oxidation sites excluding steroid dienone is 2. The molecule has 2 fully saturated rings. The van der Waals surface area contributed by atoms with E-state index < -0.39 is 23.9 Å². The minimum absolute atomic E-state index is 0.0874. The number of benzene rings is 1. The van der Waals surface area contributed by atoms with Crippen molar-refractivity contribution in [2.45, 2.75) is 122 Å². The second-order valence-electron chi connectivity index (χ2n) is 14.8. The molecule has 0 radical (unpaired) electrons. The quantitative estimate of drug-likeness (QED) is 0.390. The molecule has 234 valence electrons. The molecule has 2 heterocycles. The van der Waals surface area contributed by atoms with Crippen LogP contribution >= 0.6 is 0 Å². The number of rotatable bonds is 7. The van der Waals surface area contributed by atoms with Gasteiger partial charge in [-0.1, -0.05) is 51.0 Å². The molecule has 3 N–H and O–H groups in total. The van der Waals surface area contributed by atoms with Crippen LogP contribution < -0.4 is 11.4 Å². The van der Waals surface area contributed by atoms with Gasteiger partial charge in [0.15, 0.2) is 0 Å². The fourth-order valence-electron chi connectivity index (χ4n) is 9.31. The van der Waals surface area contributed by atoms with Gasteiger partial charge in [-0.25, -0.2) is 23.5 Å². The summed E-state index contributed by atoms with van der Waals surface area (Å²) >= 11 is 0. The van der Waals surface area contributed by atoms with Crippen LogP contribution in [0.15, 0.2) is 62.7 Å². The van der Waals surface area contributed by atoms with Crippen molar-refractivity contribution in [1.82, 2.24) is 13.9 Å². The molecule has 2 saturated carbocycles. The van der Waals surface area contributed by atoms with Gasteiger partial charge in [0.05, 0.1) is 35.6 Å². The van der Waals surface area contributed by atoms with Crippen LogP contribution in [0.4, 0.5) is 0 Å². The zero-order valence-corrected chi connectivity index (χ0v) is 26.4. The summed E-state index contributed by atoms with van der Waals surface area (Å²) in [5.74, 6) is 1.38. The van der Waals surface area contributed by atoms with E-state index in [1.807, 2.05) is 39.0 Å². The molecule has 43 heavy (non-hydrogen) atoms. The van der Waals surface area contributed by atoms with E-state index in [4.69, 9.17) is 0 Å². The van der Waals surface area contributed by atoms with Crippen molar-refractivity contribution in [3.05, 3.63) is 74.1 Å². The van der Waals surface area contributed by atoms with E-state index in [0.717, 1.165) is 56.1 Å². The molecule has 3 aliphatic carbocycles. The molecule has 2 aromatic rings. The van der Waals surface area contributed by atoms with Gasteiger partial charge in [-0.3, -0.25) is 0 Å². The van der Waals surface area contributed by atoms with Gasteiger partial charge in [0.1, 0.15) is 0 Å². The average molecular weight is 592 g/mol. The normalized spacial score (nSPS) is 33.1. The van der Waals surface area contributed by atoms with Crippen molar-refractivity contribution in [3.8, 4) is 5.69 Å². The molecule has 0 saturated heterocycles. The van der Waals surface area contributed by atoms with E-state index in [1.54, 1.807) is 21.5 Å². The van der Waals surface area contributed by atoms with Crippen molar-refractivity contribution in [1.29, 1.82) is 0 Å². The highest BCUT2D eigenvalue weighted by Crippen LogP contribution is 2.62. The predicted octanol–water partition coefficient (Wildman–Crippen LogP) is 5.06. The zero-order chi connectivity index (χ0) is 30.8. The van der Waals surface area contributed by atoms with Gasteiger partial charge in [0.25, 0.3) is 0 Å². The van der Waals surface area contributed by atoms with Crippen LogP contribution in [-0.2, 0) is 0 Å². The highest BCUT2D eigenvalue weighted by atomic mass is 16.3. The Balaban J connectivity index is 1.44. The van der Waals surface area contributed by atoms with Crippen molar-refractivity contribution in [2.24, 2.45) is 23.2 Å². The van der Waals surface area contributed by atoms with Gasteiger partial charge < -0.3 is 15.3 Å². The standard InChI is InChI=1S/C35H49N3O5/c1-21(10-9-16-34(3,4)43)27-13-14-28-26-20-30(25-18-24(39)19-31(40)22(25)2)38-33(42)36(23-11-7-6-8-12-23)32(41)37(38)29(26)15-17-35(27,28)5/h6-8,11-12,20-21,24,27-31,39-40,43H,9-10,13-19H2,1-5H3/t21-,24-,27-,28+,29-,30+,31+,35-/m0/s1. The lowest BCUT2D eigenvalue weighted by Gasteiger charge is -2.49. The lowest BCUT2D eigenvalue weighted by atomic mass is 9.59. The van der Waals surface area contributed by atoms with Crippen LogP contribution in [0.1, 0.15) is 104 Å². The Morgan fingerprint density at radius 3 is 2.44 bits per heavy atom. The first-order chi connectivity index (χ1) is 20.3. The van der Waals surface area contributed by atoms with E-state index >= 15 is 0 Å². The maximum absolute atomic E-state index is 14.2. The Bertz CT molecular complexity index is 1540. The Kier molecular flexibility index (Phi) is 7.79. The third kappa shape index (κ3) is 5.13. The zero-order valence-electron chi connectivity index (χ0n) is 26.4. The number of aromatic nitrogens is 3. The van der Waals surface area contributed by atoms with Gasteiger partial charge in [0, 0.05) is 6.42 Å². The lowest BCUT2D eigenvalue weighted by molar-refractivity contribution is 0.0538. The lowest BCUT2D eigenvalue weighted by Crippen LogP contribution is -2.46. The van der Waals surface area contributed by atoms with Gasteiger partial charge in [0.2, 0.25) is 0 Å². The highest BCUT2D eigenvalue weighted by molar-refractivity contribution is 5.37. The Morgan fingerprint density at radius 2 is 1.74 bits per heavy atom. The fraction of sp³-hybridized carbons (Fsp3) is 0.657. The Labute approximate surface area is 254 Å². The minimum atomic E-state index is -0.779. The van der Waals surface area contributed by atoms with Crippen LogP contribution in [0.5, 0.6) is 0 Å². The van der Waals surface area contributed by atoms with Crippen LogP contribution in [0.3, 0.4) is 0 Å². The van der Waals surface area contributed by atoms with Gasteiger partial charge >= 0.3 is 11.4 Å². The summed E-state index contributed by atoms with van der Waals surface area (Å²) in [6.45, 7) is 10.5. The van der Waals surface area contributed by atoms with Crippen LogP contribution in [-0.4, -0.2) is 47.1 Å². The molecule has 1 aromatic heterocycles. The van der Waals surface area contributed by atoms with Gasteiger partial charge in [-0.05, 0) is 111 Å². The summed E-state index contributed by atoms with van der Waals surface area (Å²) in [7, 11) is 0. The summed E-state index contributed by atoms with van der Waals surface area (Å²) < 4.78 is 4.61. The van der Waals surface area contributed by atoms with Crippen LogP contribution in [0, 0.1) is 23.2 Å². The van der Waals surface area contributed by atoms with E-state index in [1.165, 1.54) is 10.1 Å². The summed E-state index contributed by atoms with van der Waals surface area (Å²) in [5, 5.41) is 31.8. The molecule has 6 rings (SSSR count). The number of hydrogen-bond donors (Lipinski definition) is 3. The number of para-hydroxylation sites is 1. The third-order valence-electron chi connectivity index (χ3n) is 11.5. The number of aliphatic hydroxyl groups is 3. The summed E-state index contributed by atoms with van der Waals surface area (Å²) in [5.41, 5.74) is 2.13. The largest absolute Gasteiger partial charge is 0.393 e. The first-order valence-corrected chi connectivity index (χ1v) is 16.3. The maximum Gasteiger partial charge on any atom is 0.352 e. The van der Waals surface area contributed by atoms with Crippen LogP contribution in [0.25, 0.3) is 5.69 Å². The number of aliphatic hydroxyl groups excluding tert-OH is 2. The van der Waals surface area contributed by atoms with Gasteiger partial charge in [-0.15, -0.1) is 0 Å². The SMILES string of the molecule is CC1=C([C@H]2C=C3[C@H]4CC[C@@H]([C@@H](C)CCCC(C)(C)O)[C@]4(C)CC[C@@H]3n3c(=O)n(-c4ccccc4)c(=O)n32)C[C@H](O)C[C@H]1O. The van der Waals surface area contributed by atoms with E-state index in [0.29, 0.717) is 29.9 Å². The second-order valence-corrected chi connectivity index (χ2v) is 14.8. The van der Waals surface area contributed by atoms with Crippen molar-refractivity contribution in [2.75, 3.05) is 0 Å². The summed E-state index contributed by atoms with van der Waals surface area (Å²) in [4.78, 5) is 28.4. The van der Waals surface area contributed by atoms with E-state index in [9.17, 15) is 24.9 Å². The summed E-state index contributed by atoms with van der Waals surface area (Å²) in [6.07, 6.45) is 8.24. The molecule has 0 unspecified atom stereocenters. The summed E-state index contributed by atoms with van der Waals surface area (Å²) in [6, 6.07) is 8.38. The molecule has 4 aliphatic rings. The minimum Gasteiger partial charge on any atom is -0.393 e. The van der Waals surface area contributed by atoms with Crippen LogP contribution in [0.2, 0.25) is 0 Å². The predicted molar refractivity (Wildman–Crippen MR) is 167 cm³/mol. The number of hydrogen-bond acceptors (Lipinski definition) is 5. The van der Waals surface area contributed by atoms with E-state index in [-0.39, 0.29) is 29.3 Å². The third-order valence-corrected chi connectivity index (χ3v) is 11.5. The smallest absolute Gasteiger partial charge is 0.352 e. The first kappa shape index (κ1) is 30.4. The Hall–Kier alpha value is -2.68. The highest BCUT2D eigenvalue weighted by Gasteiger charge is 2.55.